The summed E-state index contributed by atoms with van der Waals surface area (Å²) >= 11 is 0. The van der Waals surface area contributed by atoms with Crippen LogP contribution < -0.4 is 10.2 Å². The lowest BCUT2D eigenvalue weighted by atomic mass is 9.83. The summed E-state index contributed by atoms with van der Waals surface area (Å²) in [6.07, 6.45) is 9.16. The Balaban J connectivity index is 1.24. The zero-order valence-corrected chi connectivity index (χ0v) is 19.0. The maximum absolute atomic E-state index is 9.57. The van der Waals surface area contributed by atoms with Gasteiger partial charge < -0.3 is 14.6 Å². The third kappa shape index (κ3) is 4.40. The van der Waals surface area contributed by atoms with Gasteiger partial charge in [-0.05, 0) is 6.92 Å². The van der Waals surface area contributed by atoms with E-state index in [1.807, 2.05) is 26.4 Å². The highest BCUT2D eigenvalue weighted by Gasteiger charge is 2.49. The number of piperazine rings is 1. The molecular weight excluding hydrogens is 420 g/mol. The molecule has 2 aliphatic rings. The minimum Gasteiger partial charge on any atom is -0.451 e. The van der Waals surface area contributed by atoms with Crippen LogP contribution in [0.4, 0.5) is 17.5 Å². The fourth-order valence-electron chi connectivity index (χ4n) is 4.74. The fourth-order valence-corrected chi connectivity index (χ4v) is 4.74. The molecule has 0 atom stereocenters. The smallest absolute Gasteiger partial charge is 0.229 e. The monoisotopic (exact) mass is 448 g/mol. The van der Waals surface area contributed by atoms with E-state index in [1.165, 1.54) is 6.39 Å². The molecule has 2 aliphatic heterocycles. The number of aryl methyl sites for hydroxylation is 2. The standard InChI is InChI=1S/C22H28N10O/c1-17-9-24-21(27-18-10-26-29(2)11-18)28-20(17)31-14-22(15-31,3-4-23)32-7-5-30(6-8-32)12-19-13-33-16-25-19/h9-11,13,16H,3,5-8,12,14-15H2,1-2H3,(H,24,27,28). The number of nitrogens with zero attached hydrogens (tertiary/aromatic N) is 9. The van der Waals surface area contributed by atoms with Crippen molar-refractivity contribution in [1.29, 1.82) is 5.26 Å². The van der Waals surface area contributed by atoms with Crippen molar-refractivity contribution in [2.75, 3.05) is 49.5 Å². The van der Waals surface area contributed by atoms with Crippen molar-refractivity contribution in [3.8, 4) is 6.07 Å². The van der Waals surface area contributed by atoms with Gasteiger partial charge in [0, 0.05) is 70.8 Å². The second-order valence-corrected chi connectivity index (χ2v) is 8.89. The number of aromatic nitrogens is 5. The maximum atomic E-state index is 9.57. The van der Waals surface area contributed by atoms with Crippen molar-refractivity contribution in [2.24, 2.45) is 7.05 Å². The number of hydrogen-bond donors (Lipinski definition) is 1. The summed E-state index contributed by atoms with van der Waals surface area (Å²) in [4.78, 5) is 20.5. The predicted molar refractivity (Wildman–Crippen MR) is 122 cm³/mol. The van der Waals surface area contributed by atoms with Crippen LogP contribution in [0.5, 0.6) is 0 Å². The van der Waals surface area contributed by atoms with E-state index in [0.29, 0.717) is 12.4 Å². The van der Waals surface area contributed by atoms with Gasteiger partial charge in [-0.2, -0.15) is 15.3 Å². The van der Waals surface area contributed by atoms with Crippen LogP contribution in [0, 0.1) is 18.3 Å². The van der Waals surface area contributed by atoms with Gasteiger partial charge in [-0.25, -0.2) is 9.97 Å². The van der Waals surface area contributed by atoms with Crippen molar-refractivity contribution in [3.63, 3.8) is 0 Å². The first-order valence-electron chi connectivity index (χ1n) is 11.1. The summed E-state index contributed by atoms with van der Waals surface area (Å²) in [5.74, 6) is 1.46. The second-order valence-electron chi connectivity index (χ2n) is 8.89. The van der Waals surface area contributed by atoms with Crippen molar-refractivity contribution in [2.45, 2.75) is 25.4 Å². The molecule has 33 heavy (non-hydrogen) atoms. The van der Waals surface area contributed by atoms with Crippen molar-refractivity contribution >= 4 is 17.5 Å². The van der Waals surface area contributed by atoms with Gasteiger partial charge in [-0.3, -0.25) is 14.5 Å². The SMILES string of the molecule is Cc1cnc(Nc2cnn(C)c2)nc1N1CC(CC#N)(N2CCN(Cc3cocn3)CC2)C1. The Morgan fingerprint density at radius 3 is 2.67 bits per heavy atom. The highest BCUT2D eigenvalue weighted by atomic mass is 16.3. The van der Waals surface area contributed by atoms with Crippen LogP contribution in [0.15, 0.2) is 35.7 Å². The Hall–Kier alpha value is -3.49. The molecule has 0 spiro atoms. The first-order chi connectivity index (χ1) is 16.0. The summed E-state index contributed by atoms with van der Waals surface area (Å²) in [5.41, 5.74) is 2.69. The molecule has 1 N–H and O–H groups in total. The van der Waals surface area contributed by atoms with Crippen LogP contribution >= 0.6 is 0 Å². The van der Waals surface area contributed by atoms with E-state index in [-0.39, 0.29) is 5.54 Å². The Bertz CT molecular complexity index is 1120. The van der Waals surface area contributed by atoms with E-state index in [4.69, 9.17) is 9.40 Å². The van der Waals surface area contributed by atoms with Crippen LogP contribution in [0.3, 0.4) is 0 Å². The quantitative estimate of drug-likeness (QED) is 0.571. The Morgan fingerprint density at radius 2 is 2.00 bits per heavy atom. The van der Waals surface area contributed by atoms with E-state index in [2.05, 4.69) is 41.2 Å². The zero-order valence-electron chi connectivity index (χ0n) is 19.0. The Morgan fingerprint density at radius 1 is 1.18 bits per heavy atom. The molecular formula is C22H28N10O. The first kappa shape index (κ1) is 21.4. The summed E-state index contributed by atoms with van der Waals surface area (Å²) in [6, 6.07) is 2.43. The van der Waals surface area contributed by atoms with E-state index >= 15 is 0 Å². The van der Waals surface area contributed by atoms with E-state index in [9.17, 15) is 5.26 Å². The minimum absolute atomic E-state index is 0.136. The van der Waals surface area contributed by atoms with E-state index in [1.54, 1.807) is 17.1 Å². The molecule has 0 aromatic carbocycles. The normalized spacial score (nSPS) is 18.6. The lowest BCUT2D eigenvalue weighted by Crippen LogP contribution is -2.72. The van der Waals surface area contributed by atoms with E-state index < -0.39 is 0 Å². The van der Waals surface area contributed by atoms with Gasteiger partial charge in [-0.1, -0.05) is 0 Å². The van der Waals surface area contributed by atoms with Gasteiger partial charge in [0.25, 0.3) is 0 Å². The molecule has 172 valence electrons. The third-order valence-corrected chi connectivity index (χ3v) is 6.50. The summed E-state index contributed by atoms with van der Waals surface area (Å²) in [5, 5.41) is 17.0. The molecule has 3 aromatic rings. The molecule has 0 saturated carbocycles. The molecule has 11 nitrogen and oxygen atoms in total. The molecule has 0 radical (unpaired) electrons. The average Bonchev–Trinajstić information content (AvgIpc) is 3.44. The number of nitriles is 1. The Kier molecular flexibility index (Phi) is 5.70. The van der Waals surface area contributed by atoms with Gasteiger partial charge in [0.2, 0.25) is 5.95 Å². The number of oxazole rings is 1. The van der Waals surface area contributed by atoms with Gasteiger partial charge in [-0.15, -0.1) is 0 Å². The second kappa shape index (κ2) is 8.80. The van der Waals surface area contributed by atoms with Crippen LogP contribution in [0.1, 0.15) is 17.7 Å². The van der Waals surface area contributed by atoms with E-state index in [0.717, 1.165) is 68.6 Å². The predicted octanol–water partition coefficient (Wildman–Crippen LogP) is 1.54. The zero-order chi connectivity index (χ0) is 22.8. The first-order valence-corrected chi connectivity index (χ1v) is 11.1. The summed E-state index contributed by atoms with van der Waals surface area (Å²) < 4.78 is 6.82. The van der Waals surface area contributed by atoms with Crippen LogP contribution in [0.2, 0.25) is 0 Å². The van der Waals surface area contributed by atoms with Crippen LogP contribution in [-0.4, -0.2) is 79.3 Å². The number of rotatable bonds is 7. The topological polar surface area (TPSA) is 115 Å². The molecule has 3 aromatic heterocycles. The van der Waals surface area contributed by atoms with Crippen molar-refractivity contribution in [1.82, 2.24) is 34.5 Å². The van der Waals surface area contributed by atoms with Gasteiger partial charge in [0.1, 0.15) is 12.1 Å². The van der Waals surface area contributed by atoms with Gasteiger partial charge >= 0.3 is 0 Å². The Labute approximate surface area is 192 Å². The molecule has 0 aliphatic carbocycles. The average molecular weight is 449 g/mol. The maximum Gasteiger partial charge on any atom is 0.229 e. The minimum atomic E-state index is -0.136. The molecule has 0 bridgehead atoms. The molecule has 0 unspecified atom stereocenters. The number of hydrogen-bond acceptors (Lipinski definition) is 10. The number of nitrogens with one attached hydrogen (secondary N) is 1. The summed E-state index contributed by atoms with van der Waals surface area (Å²) in [7, 11) is 1.87. The molecule has 11 heteroatoms. The lowest BCUT2D eigenvalue weighted by molar-refractivity contribution is 0.0127. The van der Waals surface area contributed by atoms with Gasteiger partial charge in [0.15, 0.2) is 6.39 Å². The third-order valence-electron chi connectivity index (χ3n) is 6.50. The lowest BCUT2D eigenvalue weighted by Gasteiger charge is -2.57. The largest absolute Gasteiger partial charge is 0.451 e. The molecule has 5 heterocycles. The number of anilines is 3. The molecule has 2 saturated heterocycles. The highest BCUT2D eigenvalue weighted by molar-refractivity contribution is 5.57. The fraction of sp³-hybridized carbons (Fsp3) is 0.500. The van der Waals surface area contributed by atoms with Crippen molar-refractivity contribution < 1.29 is 4.42 Å². The van der Waals surface area contributed by atoms with Gasteiger partial charge in [0.05, 0.1) is 35.6 Å². The summed E-state index contributed by atoms with van der Waals surface area (Å²) in [6.45, 7) is 8.16. The van der Waals surface area contributed by atoms with Crippen LogP contribution in [-0.2, 0) is 13.6 Å². The molecule has 5 rings (SSSR count). The van der Waals surface area contributed by atoms with Crippen molar-refractivity contribution in [3.05, 3.63) is 42.5 Å². The van der Waals surface area contributed by atoms with Crippen LogP contribution in [0.25, 0.3) is 0 Å². The molecule has 2 fully saturated rings. The highest BCUT2D eigenvalue weighted by Crippen LogP contribution is 2.36. The molecule has 0 amide bonds.